The number of nitrogens with zero attached hydrogens (tertiary/aromatic N) is 2. The molecule has 0 aromatic heterocycles. The number of hydrogen-bond donors (Lipinski definition) is 0. The molecule has 0 amide bonds. The maximum Gasteiger partial charge on any atom is 0.150 e. The average Bonchev–Trinajstić information content (AvgIpc) is 2.36. The molecule has 0 radical (unpaired) electrons. The maximum atomic E-state index is 10.0. The summed E-state index contributed by atoms with van der Waals surface area (Å²) >= 11 is 0. The summed E-state index contributed by atoms with van der Waals surface area (Å²) in [5, 5.41) is 7.45. The van der Waals surface area contributed by atoms with Crippen molar-refractivity contribution < 1.29 is 4.79 Å². The highest BCUT2D eigenvalue weighted by molar-refractivity contribution is 5.74. The summed E-state index contributed by atoms with van der Waals surface area (Å²) in [4.78, 5) is 10.0. The van der Waals surface area contributed by atoms with Gasteiger partial charge < -0.3 is 0 Å². The summed E-state index contributed by atoms with van der Waals surface area (Å²) in [7, 11) is 0. The molecule has 86 valence electrons. The molecule has 0 aliphatic heterocycles. The normalized spacial score (nSPS) is 10.1. The molecule has 0 heterocycles. The Morgan fingerprint density at radius 3 is 1.81 bits per heavy atom. The molecule has 0 atom stereocenters. The number of rotatable bonds is 4. The molecule has 0 fully saturated rings. The van der Waals surface area contributed by atoms with Crippen LogP contribution in [-0.2, 0) is 0 Å². The van der Waals surface area contributed by atoms with E-state index in [2.05, 4.69) is 10.2 Å². The highest BCUT2D eigenvalue weighted by Crippen LogP contribution is 1.91. The second kappa shape index (κ2) is 11.3. The second-order valence-corrected chi connectivity index (χ2v) is 2.94. The highest BCUT2D eigenvalue weighted by Gasteiger charge is 1.80. The Hall–Kier alpha value is -1.77. The number of hydrogen-bond acceptors (Lipinski definition) is 3. The van der Waals surface area contributed by atoms with Crippen LogP contribution in [-0.4, -0.2) is 18.7 Å². The van der Waals surface area contributed by atoms with Gasteiger partial charge in [-0.2, -0.15) is 10.2 Å². The van der Waals surface area contributed by atoms with E-state index in [0.29, 0.717) is 0 Å². The molecule has 0 saturated carbocycles. The van der Waals surface area contributed by atoms with Gasteiger partial charge in [0.15, 0.2) is 0 Å². The van der Waals surface area contributed by atoms with E-state index in [1.807, 2.05) is 32.0 Å². The van der Waals surface area contributed by atoms with Crippen molar-refractivity contribution in [1.29, 1.82) is 0 Å². The lowest BCUT2D eigenvalue weighted by atomic mass is 10.2. The zero-order valence-corrected chi connectivity index (χ0v) is 9.84. The molecule has 0 spiro atoms. The third-order valence-electron chi connectivity index (χ3n) is 1.53. The summed E-state index contributed by atoms with van der Waals surface area (Å²) in [6.07, 6.45) is 6.32. The first-order valence-corrected chi connectivity index (χ1v) is 5.38. The fourth-order valence-electron chi connectivity index (χ4n) is 0.789. The van der Waals surface area contributed by atoms with Crippen molar-refractivity contribution in [1.82, 2.24) is 0 Å². The van der Waals surface area contributed by atoms with E-state index < -0.39 is 0 Å². The van der Waals surface area contributed by atoms with Gasteiger partial charge >= 0.3 is 0 Å². The van der Waals surface area contributed by atoms with Gasteiger partial charge in [-0.25, -0.2) is 0 Å². The van der Waals surface area contributed by atoms with Gasteiger partial charge in [0, 0.05) is 18.0 Å². The summed E-state index contributed by atoms with van der Waals surface area (Å²) in [5.41, 5.74) is 0.729. The molecule has 1 rings (SSSR count). The Labute approximate surface area is 96.9 Å². The first-order valence-electron chi connectivity index (χ1n) is 5.38. The molecule has 3 nitrogen and oxygen atoms in total. The van der Waals surface area contributed by atoms with Gasteiger partial charge in [-0.1, -0.05) is 44.2 Å². The number of carbonyl (C=O) groups excluding carboxylic acids is 1. The summed E-state index contributed by atoms with van der Waals surface area (Å²) < 4.78 is 0. The largest absolute Gasteiger partial charge is 0.298 e. The van der Waals surface area contributed by atoms with E-state index in [-0.39, 0.29) is 0 Å². The molecule has 0 N–H and O–H groups in total. The van der Waals surface area contributed by atoms with Crippen molar-refractivity contribution in [2.45, 2.75) is 26.7 Å². The number of carbonyl (C=O) groups is 1. The lowest BCUT2D eigenvalue weighted by molar-refractivity contribution is 0.112. The van der Waals surface area contributed by atoms with Crippen molar-refractivity contribution in [2.75, 3.05) is 0 Å². The van der Waals surface area contributed by atoms with Gasteiger partial charge in [0.25, 0.3) is 0 Å². The van der Waals surface area contributed by atoms with E-state index in [9.17, 15) is 4.79 Å². The monoisotopic (exact) mass is 218 g/mol. The fraction of sp³-hybridized carbons (Fsp3) is 0.308. The Balaban J connectivity index is 0.000000281. The Morgan fingerprint density at radius 2 is 1.50 bits per heavy atom. The summed E-state index contributed by atoms with van der Waals surface area (Å²) in [6.45, 7) is 4.07. The lowest BCUT2D eigenvalue weighted by Gasteiger charge is -1.81. The van der Waals surface area contributed by atoms with Crippen molar-refractivity contribution in [3.05, 3.63) is 35.9 Å². The number of benzene rings is 1. The molecule has 0 aliphatic carbocycles. The minimum absolute atomic E-state index is 0.729. The second-order valence-electron chi connectivity index (χ2n) is 2.94. The molecular weight excluding hydrogens is 200 g/mol. The zero-order valence-electron chi connectivity index (χ0n) is 9.84. The quantitative estimate of drug-likeness (QED) is 0.434. The van der Waals surface area contributed by atoms with Crippen LogP contribution in [0.1, 0.15) is 37.0 Å². The predicted octanol–water partition coefficient (Wildman–Crippen LogP) is 3.36. The minimum atomic E-state index is 0.729. The minimum Gasteiger partial charge on any atom is -0.298 e. The molecule has 0 unspecified atom stereocenters. The molecule has 1 aromatic rings. The first kappa shape index (κ1) is 14.2. The van der Waals surface area contributed by atoms with E-state index in [0.717, 1.165) is 24.7 Å². The Kier molecular flexibility index (Phi) is 10.1. The van der Waals surface area contributed by atoms with Crippen LogP contribution in [0.4, 0.5) is 0 Å². The third-order valence-corrected chi connectivity index (χ3v) is 1.53. The van der Waals surface area contributed by atoms with E-state index in [4.69, 9.17) is 0 Å². The molecular formula is C13H18N2O. The Morgan fingerprint density at radius 1 is 1.00 bits per heavy atom. The van der Waals surface area contributed by atoms with Gasteiger partial charge in [-0.05, 0) is 12.8 Å². The van der Waals surface area contributed by atoms with Crippen LogP contribution in [0.3, 0.4) is 0 Å². The fourth-order valence-corrected chi connectivity index (χ4v) is 0.789. The Bertz CT molecular complexity index is 306. The molecule has 0 aliphatic rings. The van der Waals surface area contributed by atoms with Crippen molar-refractivity contribution >= 4 is 18.7 Å². The van der Waals surface area contributed by atoms with E-state index in [1.54, 1.807) is 24.6 Å². The first-order chi connectivity index (χ1) is 7.85. The van der Waals surface area contributed by atoms with Crippen LogP contribution < -0.4 is 0 Å². The van der Waals surface area contributed by atoms with E-state index in [1.165, 1.54) is 0 Å². The van der Waals surface area contributed by atoms with Gasteiger partial charge in [0.1, 0.15) is 6.29 Å². The van der Waals surface area contributed by atoms with Crippen LogP contribution in [0.15, 0.2) is 40.5 Å². The number of aldehydes is 1. The van der Waals surface area contributed by atoms with Crippen molar-refractivity contribution in [2.24, 2.45) is 10.2 Å². The van der Waals surface area contributed by atoms with Crippen LogP contribution >= 0.6 is 0 Å². The zero-order chi connectivity index (χ0) is 12.1. The summed E-state index contributed by atoms with van der Waals surface area (Å²) in [5.74, 6) is 0. The van der Waals surface area contributed by atoms with Gasteiger partial charge in [-0.15, -0.1) is 0 Å². The van der Waals surface area contributed by atoms with Gasteiger partial charge in [-0.3, -0.25) is 4.79 Å². The van der Waals surface area contributed by atoms with Gasteiger partial charge in [0.2, 0.25) is 0 Å². The van der Waals surface area contributed by atoms with Crippen LogP contribution in [0.2, 0.25) is 0 Å². The standard InChI is InChI=1S/C7H6O.C6H12N2/c8-6-7-4-2-1-3-5-7;1-3-5-7-8-6-4-2/h1-6H;5-6H,3-4H2,1-2H3. The van der Waals surface area contributed by atoms with Gasteiger partial charge in [0.05, 0.1) is 0 Å². The molecule has 1 aromatic carbocycles. The SMILES string of the molecule is CCC=NN=CCC.O=Cc1ccccc1. The molecule has 0 bridgehead atoms. The van der Waals surface area contributed by atoms with Crippen LogP contribution in [0.5, 0.6) is 0 Å². The smallest absolute Gasteiger partial charge is 0.150 e. The third kappa shape index (κ3) is 8.81. The molecule has 16 heavy (non-hydrogen) atoms. The molecule has 0 saturated heterocycles. The van der Waals surface area contributed by atoms with Crippen molar-refractivity contribution in [3.8, 4) is 0 Å². The lowest BCUT2D eigenvalue weighted by Crippen LogP contribution is -1.73. The van der Waals surface area contributed by atoms with Crippen molar-refractivity contribution in [3.63, 3.8) is 0 Å². The topological polar surface area (TPSA) is 41.8 Å². The maximum absolute atomic E-state index is 10.0. The highest BCUT2D eigenvalue weighted by atomic mass is 16.1. The molecule has 3 heteroatoms. The predicted molar refractivity (Wildman–Crippen MR) is 69.4 cm³/mol. The van der Waals surface area contributed by atoms with E-state index >= 15 is 0 Å². The average molecular weight is 218 g/mol. The van der Waals surface area contributed by atoms with Crippen LogP contribution in [0, 0.1) is 0 Å². The summed E-state index contributed by atoms with van der Waals surface area (Å²) in [6, 6.07) is 9.10. The van der Waals surface area contributed by atoms with Crippen LogP contribution in [0.25, 0.3) is 0 Å².